The molecule has 1 aromatic heterocycles. The van der Waals surface area contributed by atoms with Crippen molar-refractivity contribution in [3.8, 4) is 5.69 Å². The lowest BCUT2D eigenvalue weighted by Crippen LogP contribution is -2.12. The van der Waals surface area contributed by atoms with Gasteiger partial charge in [-0.1, -0.05) is 23.3 Å². The number of tetrazole rings is 1. The Hall–Kier alpha value is -1.33. The number of benzene rings is 1. The van der Waals surface area contributed by atoms with E-state index in [-0.39, 0.29) is 5.92 Å². The highest BCUT2D eigenvalue weighted by Crippen LogP contribution is 2.52. The maximum Gasteiger partial charge on any atom is 0.247 e. The Bertz CT molecular complexity index is 539. The highest BCUT2D eigenvalue weighted by atomic mass is 35.5. The standard InChI is InChI=1S/C11H11Cl2N5/c12-11(13)6-8(11)7-14-10-15-16-17-18(10)9-4-2-1-3-5-9/h1-5,8H,6-7H2,(H,14,15,17)/t8-/m1/s1. The van der Waals surface area contributed by atoms with Crippen LogP contribution in [-0.4, -0.2) is 31.1 Å². The average Bonchev–Trinajstić information content (AvgIpc) is 2.78. The normalized spacial score (nSPS) is 20.7. The van der Waals surface area contributed by atoms with E-state index >= 15 is 0 Å². The first-order chi connectivity index (χ1) is 8.67. The van der Waals surface area contributed by atoms with Gasteiger partial charge in [-0.2, -0.15) is 4.68 Å². The molecule has 0 spiro atoms. The number of aromatic nitrogens is 4. The third-order valence-electron chi connectivity index (χ3n) is 2.93. The third kappa shape index (κ3) is 2.28. The van der Waals surface area contributed by atoms with Gasteiger partial charge in [-0.3, -0.25) is 0 Å². The van der Waals surface area contributed by atoms with Crippen molar-refractivity contribution in [3.05, 3.63) is 30.3 Å². The number of anilines is 1. The Morgan fingerprint density at radius 3 is 2.72 bits per heavy atom. The number of halogens is 2. The highest BCUT2D eigenvalue weighted by Gasteiger charge is 2.51. The molecule has 0 bridgehead atoms. The molecule has 1 heterocycles. The summed E-state index contributed by atoms with van der Waals surface area (Å²) in [5.74, 6) is 0.846. The Labute approximate surface area is 114 Å². The first-order valence-corrected chi connectivity index (χ1v) is 6.38. The van der Waals surface area contributed by atoms with Gasteiger partial charge in [0.25, 0.3) is 0 Å². The number of rotatable bonds is 4. The monoisotopic (exact) mass is 283 g/mol. The first kappa shape index (κ1) is 11.7. The molecular formula is C11H11Cl2N5. The Balaban J connectivity index is 1.72. The van der Waals surface area contributed by atoms with Crippen molar-refractivity contribution >= 4 is 29.2 Å². The van der Waals surface area contributed by atoms with Crippen molar-refractivity contribution in [2.45, 2.75) is 10.8 Å². The molecule has 1 aliphatic carbocycles. The van der Waals surface area contributed by atoms with Crippen LogP contribution in [0.2, 0.25) is 0 Å². The van der Waals surface area contributed by atoms with Crippen LogP contribution in [0.25, 0.3) is 5.69 Å². The zero-order valence-electron chi connectivity index (χ0n) is 9.42. The van der Waals surface area contributed by atoms with E-state index in [9.17, 15) is 0 Å². The van der Waals surface area contributed by atoms with Crippen molar-refractivity contribution in [3.63, 3.8) is 0 Å². The molecule has 1 saturated carbocycles. The van der Waals surface area contributed by atoms with Gasteiger partial charge in [0.2, 0.25) is 5.95 Å². The second-order valence-electron chi connectivity index (χ2n) is 4.29. The second-order valence-corrected chi connectivity index (χ2v) is 5.84. The number of nitrogens with one attached hydrogen (secondary N) is 1. The largest absolute Gasteiger partial charge is 0.352 e. The van der Waals surface area contributed by atoms with Crippen molar-refractivity contribution in [1.29, 1.82) is 0 Å². The zero-order valence-corrected chi connectivity index (χ0v) is 10.9. The second kappa shape index (κ2) is 4.40. The molecule has 1 aliphatic rings. The molecule has 0 saturated heterocycles. The summed E-state index contributed by atoms with van der Waals surface area (Å²) in [6.45, 7) is 0.667. The van der Waals surface area contributed by atoms with Gasteiger partial charge in [0.1, 0.15) is 4.33 Å². The maximum absolute atomic E-state index is 5.97. The molecular weight excluding hydrogens is 273 g/mol. The van der Waals surface area contributed by atoms with Crippen LogP contribution in [0.15, 0.2) is 30.3 Å². The number of hydrogen-bond donors (Lipinski definition) is 1. The van der Waals surface area contributed by atoms with E-state index in [4.69, 9.17) is 23.2 Å². The Kier molecular flexibility index (Phi) is 2.87. The van der Waals surface area contributed by atoms with E-state index in [1.165, 1.54) is 0 Å². The number of hydrogen-bond acceptors (Lipinski definition) is 4. The molecule has 18 heavy (non-hydrogen) atoms. The van der Waals surface area contributed by atoms with E-state index in [1.54, 1.807) is 4.68 Å². The summed E-state index contributed by atoms with van der Waals surface area (Å²) in [7, 11) is 0. The third-order valence-corrected chi connectivity index (χ3v) is 3.86. The van der Waals surface area contributed by atoms with Crippen LogP contribution in [0.1, 0.15) is 6.42 Å². The van der Waals surface area contributed by atoms with E-state index in [0.29, 0.717) is 12.5 Å². The minimum atomic E-state index is -0.585. The zero-order chi connectivity index (χ0) is 12.6. The lowest BCUT2D eigenvalue weighted by molar-refractivity contribution is 0.784. The van der Waals surface area contributed by atoms with Gasteiger partial charge in [0.15, 0.2) is 0 Å². The fourth-order valence-electron chi connectivity index (χ4n) is 1.75. The van der Waals surface area contributed by atoms with Crippen LogP contribution >= 0.6 is 23.2 Å². The van der Waals surface area contributed by atoms with Crippen LogP contribution < -0.4 is 5.32 Å². The summed E-state index contributed by atoms with van der Waals surface area (Å²) in [6.07, 6.45) is 0.802. The van der Waals surface area contributed by atoms with Gasteiger partial charge >= 0.3 is 0 Å². The quantitative estimate of drug-likeness (QED) is 0.875. The lowest BCUT2D eigenvalue weighted by atomic mass is 10.3. The SMILES string of the molecule is ClC1(Cl)C[C@@H]1CNc1nnnn1-c1ccccc1. The molecule has 2 aromatic rings. The van der Waals surface area contributed by atoms with Gasteiger partial charge in [0, 0.05) is 12.5 Å². The van der Waals surface area contributed by atoms with Gasteiger partial charge in [-0.15, -0.1) is 23.2 Å². The number of para-hydroxylation sites is 1. The van der Waals surface area contributed by atoms with Crippen LogP contribution in [0.3, 0.4) is 0 Å². The van der Waals surface area contributed by atoms with Crippen LogP contribution in [0, 0.1) is 5.92 Å². The van der Waals surface area contributed by atoms with Crippen LogP contribution in [0.5, 0.6) is 0 Å². The van der Waals surface area contributed by atoms with Crippen molar-refractivity contribution in [1.82, 2.24) is 20.2 Å². The lowest BCUT2D eigenvalue weighted by Gasteiger charge is -2.06. The Morgan fingerprint density at radius 2 is 2.06 bits per heavy atom. The fourth-order valence-corrected chi connectivity index (χ4v) is 2.27. The molecule has 7 heteroatoms. The minimum absolute atomic E-state index is 0.252. The van der Waals surface area contributed by atoms with E-state index in [2.05, 4.69) is 20.8 Å². The molecule has 1 atom stereocenters. The molecule has 0 aliphatic heterocycles. The molecule has 3 rings (SSSR count). The average molecular weight is 284 g/mol. The van der Waals surface area contributed by atoms with Gasteiger partial charge < -0.3 is 5.32 Å². The highest BCUT2D eigenvalue weighted by molar-refractivity contribution is 6.50. The number of nitrogens with zero attached hydrogens (tertiary/aromatic N) is 4. The molecule has 94 valence electrons. The number of alkyl halides is 2. The summed E-state index contributed by atoms with van der Waals surface area (Å²) >= 11 is 11.9. The molecule has 0 amide bonds. The minimum Gasteiger partial charge on any atom is -0.352 e. The van der Waals surface area contributed by atoms with Gasteiger partial charge in [0.05, 0.1) is 5.69 Å². The predicted molar refractivity (Wildman–Crippen MR) is 70.2 cm³/mol. The first-order valence-electron chi connectivity index (χ1n) is 5.62. The summed E-state index contributed by atoms with van der Waals surface area (Å²) in [5, 5.41) is 14.7. The van der Waals surface area contributed by atoms with E-state index in [1.807, 2.05) is 30.3 Å². The van der Waals surface area contributed by atoms with Crippen LogP contribution in [0.4, 0.5) is 5.95 Å². The maximum atomic E-state index is 5.97. The van der Waals surface area contributed by atoms with Crippen molar-refractivity contribution in [2.24, 2.45) is 5.92 Å². The molecule has 1 N–H and O–H groups in total. The molecule has 1 aromatic carbocycles. The van der Waals surface area contributed by atoms with Crippen molar-refractivity contribution in [2.75, 3.05) is 11.9 Å². The van der Waals surface area contributed by atoms with Crippen molar-refractivity contribution < 1.29 is 0 Å². The van der Waals surface area contributed by atoms with Crippen LogP contribution in [-0.2, 0) is 0 Å². The smallest absolute Gasteiger partial charge is 0.247 e. The van der Waals surface area contributed by atoms with E-state index < -0.39 is 4.33 Å². The molecule has 0 radical (unpaired) electrons. The molecule has 1 fully saturated rings. The van der Waals surface area contributed by atoms with E-state index in [0.717, 1.165) is 12.1 Å². The molecule has 5 nitrogen and oxygen atoms in total. The topological polar surface area (TPSA) is 55.6 Å². The summed E-state index contributed by atoms with van der Waals surface area (Å²) in [6, 6.07) is 9.69. The summed E-state index contributed by atoms with van der Waals surface area (Å²) < 4.78 is 1.06. The summed E-state index contributed by atoms with van der Waals surface area (Å²) in [4.78, 5) is 0. The Morgan fingerprint density at radius 1 is 1.33 bits per heavy atom. The van der Waals surface area contributed by atoms with Gasteiger partial charge in [-0.05, 0) is 29.0 Å². The summed E-state index contributed by atoms with van der Waals surface area (Å²) in [5.41, 5.74) is 0.906. The predicted octanol–water partition coefficient (Wildman–Crippen LogP) is 2.27. The fraction of sp³-hybridized carbons (Fsp3) is 0.364. The molecule has 0 unspecified atom stereocenters. The van der Waals surface area contributed by atoms with Gasteiger partial charge in [-0.25, -0.2) is 0 Å².